The number of fused-ring (bicyclic) bond motifs is 1. The smallest absolute Gasteiger partial charge is 0.143 e. The average molecular weight is 259 g/mol. The van der Waals surface area contributed by atoms with Crippen LogP contribution in [0.15, 0.2) is 48.5 Å². The Bertz CT molecular complexity index is 722. The Labute approximate surface area is 118 Å². The van der Waals surface area contributed by atoms with Crippen LogP contribution in [-0.2, 0) is 6.42 Å². The molecule has 0 aliphatic carbocycles. The Morgan fingerprint density at radius 3 is 2.55 bits per heavy atom. The topological polar surface area (TPSA) is 50.8 Å². The third kappa shape index (κ3) is 1.90. The summed E-state index contributed by atoms with van der Waals surface area (Å²) in [6.45, 7) is 0.817. The van der Waals surface area contributed by atoms with Crippen molar-refractivity contribution in [3.63, 3.8) is 0 Å². The van der Waals surface area contributed by atoms with E-state index in [9.17, 15) is 10.5 Å². The molecule has 0 bridgehead atoms. The van der Waals surface area contributed by atoms with Crippen LogP contribution in [0.4, 0.5) is 5.69 Å². The van der Waals surface area contributed by atoms with Crippen molar-refractivity contribution < 1.29 is 0 Å². The molecular weight excluding hydrogens is 246 g/mol. The average Bonchev–Trinajstić information content (AvgIpc) is 2.93. The molecule has 0 fully saturated rings. The lowest BCUT2D eigenvalue weighted by Gasteiger charge is -2.25. The summed E-state index contributed by atoms with van der Waals surface area (Å²) < 4.78 is 0. The molecule has 1 aliphatic rings. The van der Waals surface area contributed by atoms with Crippen LogP contribution in [0.5, 0.6) is 0 Å². The van der Waals surface area contributed by atoms with Gasteiger partial charge in [0.2, 0.25) is 0 Å². The predicted octanol–water partition coefficient (Wildman–Crippen LogP) is 3.19. The van der Waals surface area contributed by atoms with Gasteiger partial charge in [-0.25, -0.2) is 0 Å². The van der Waals surface area contributed by atoms with Gasteiger partial charge in [-0.15, -0.1) is 0 Å². The first-order chi connectivity index (χ1) is 9.85. The molecule has 0 radical (unpaired) electrons. The van der Waals surface area contributed by atoms with Gasteiger partial charge in [0.25, 0.3) is 0 Å². The van der Waals surface area contributed by atoms with Crippen molar-refractivity contribution in [2.24, 2.45) is 0 Å². The Balaban J connectivity index is 2.05. The van der Waals surface area contributed by atoms with E-state index in [0.717, 1.165) is 24.2 Å². The predicted molar refractivity (Wildman–Crippen MR) is 77.0 cm³/mol. The van der Waals surface area contributed by atoms with E-state index in [2.05, 4.69) is 23.1 Å². The molecule has 0 aromatic heterocycles. The van der Waals surface area contributed by atoms with Crippen molar-refractivity contribution in [3.05, 3.63) is 65.2 Å². The number of benzene rings is 2. The zero-order valence-corrected chi connectivity index (χ0v) is 11.0. The summed E-state index contributed by atoms with van der Waals surface area (Å²) in [6, 6.07) is 19.6. The van der Waals surface area contributed by atoms with Gasteiger partial charge in [0.15, 0.2) is 0 Å². The van der Waals surface area contributed by atoms with Gasteiger partial charge < -0.3 is 4.90 Å². The highest BCUT2D eigenvalue weighted by Crippen LogP contribution is 2.35. The summed E-state index contributed by atoms with van der Waals surface area (Å²) in [4.78, 5) is 2.09. The van der Waals surface area contributed by atoms with Crippen molar-refractivity contribution >= 4 is 5.69 Å². The highest BCUT2D eigenvalue weighted by Gasteiger charge is 2.28. The fourth-order valence-corrected chi connectivity index (χ4v) is 2.78. The van der Waals surface area contributed by atoms with Crippen molar-refractivity contribution in [1.29, 1.82) is 10.5 Å². The second-order valence-corrected chi connectivity index (χ2v) is 4.80. The van der Waals surface area contributed by atoms with E-state index in [4.69, 9.17) is 0 Å². The largest absolute Gasteiger partial charge is 0.351 e. The van der Waals surface area contributed by atoms with Gasteiger partial charge in [0.1, 0.15) is 6.04 Å². The molecule has 2 aromatic carbocycles. The lowest BCUT2D eigenvalue weighted by Crippen LogP contribution is -2.26. The van der Waals surface area contributed by atoms with Crippen LogP contribution in [0.3, 0.4) is 0 Å². The Kier molecular flexibility index (Phi) is 3.11. The molecule has 20 heavy (non-hydrogen) atoms. The minimum atomic E-state index is -0.408. The SMILES string of the molecule is N#Cc1ccccc1[C@@H](C#N)N1CCc2ccccc21. The van der Waals surface area contributed by atoms with E-state index in [1.54, 1.807) is 6.07 Å². The summed E-state index contributed by atoms with van der Waals surface area (Å²) in [5.41, 5.74) is 3.73. The Morgan fingerprint density at radius 2 is 1.75 bits per heavy atom. The minimum absolute atomic E-state index is 0.408. The first kappa shape index (κ1) is 12.3. The zero-order valence-electron chi connectivity index (χ0n) is 11.0. The molecule has 0 unspecified atom stereocenters. The second kappa shape index (κ2) is 5.07. The van der Waals surface area contributed by atoms with Crippen LogP contribution in [0, 0.1) is 22.7 Å². The summed E-state index contributed by atoms with van der Waals surface area (Å²) in [5.74, 6) is 0. The molecule has 0 amide bonds. The van der Waals surface area contributed by atoms with E-state index in [-0.39, 0.29) is 0 Å². The molecule has 2 aromatic rings. The molecule has 0 N–H and O–H groups in total. The minimum Gasteiger partial charge on any atom is -0.351 e. The molecule has 1 aliphatic heterocycles. The van der Waals surface area contributed by atoms with Gasteiger partial charge in [-0.05, 0) is 24.1 Å². The fraction of sp³-hybridized carbons (Fsp3) is 0.176. The number of anilines is 1. The van der Waals surface area contributed by atoms with Crippen molar-refractivity contribution in [2.45, 2.75) is 12.5 Å². The second-order valence-electron chi connectivity index (χ2n) is 4.80. The van der Waals surface area contributed by atoms with Crippen LogP contribution in [-0.4, -0.2) is 6.54 Å². The van der Waals surface area contributed by atoms with E-state index in [1.165, 1.54) is 5.56 Å². The number of hydrogen-bond donors (Lipinski definition) is 0. The van der Waals surface area contributed by atoms with Crippen molar-refractivity contribution in [1.82, 2.24) is 0 Å². The lowest BCUT2D eigenvalue weighted by molar-refractivity contribution is 0.762. The first-order valence-corrected chi connectivity index (χ1v) is 6.58. The molecule has 1 atom stereocenters. The summed E-state index contributed by atoms with van der Waals surface area (Å²) >= 11 is 0. The van der Waals surface area contributed by atoms with Gasteiger partial charge in [-0.2, -0.15) is 10.5 Å². The normalized spacial score (nSPS) is 14.2. The third-order valence-corrected chi connectivity index (χ3v) is 3.73. The van der Waals surface area contributed by atoms with Crippen LogP contribution in [0.25, 0.3) is 0 Å². The van der Waals surface area contributed by atoms with Gasteiger partial charge in [-0.3, -0.25) is 0 Å². The number of hydrogen-bond acceptors (Lipinski definition) is 3. The Hall–Kier alpha value is -2.78. The van der Waals surface area contributed by atoms with Gasteiger partial charge >= 0.3 is 0 Å². The van der Waals surface area contributed by atoms with Crippen LogP contribution in [0.1, 0.15) is 22.7 Å². The molecule has 3 rings (SSSR count). The van der Waals surface area contributed by atoms with Crippen LogP contribution < -0.4 is 4.90 Å². The highest BCUT2D eigenvalue weighted by atomic mass is 15.2. The monoisotopic (exact) mass is 259 g/mol. The third-order valence-electron chi connectivity index (χ3n) is 3.73. The first-order valence-electron chi connectivity index (χ1n) is 6.58. The number of para-hydroxylation sites is 1. The molecule has 96 valence electrons. The van der Waals surface area contributed by atoms with Crippen LogP contribution in [0.2, 0.25) is 0 Å². The summed E-state index contributed by atoms with van der Waals surface area (Å²) in [7, 11) is 0. The maximum Gasteiger partial charge on any atom is 0.143 e. The fourth-order valence-electron chi connectivity index (χ4n) is 2.78. The Morgan fingerprint density at radius 1 is 1.00 bits per heavy atom. The van der Waals surface area contributed by atoms with Crippen molar-refractivity contribution in [3.8, 4) is 12.1 Å². The molecule has 0 saturated carbocycles. The van der Waals surface area contributed by atoms with Gasteiger partial charge in [0.05, 0.1) is 17.7 Å². The van der Waals surface area contributed by atoms with Crippen molar-refractivity contribution in [2.75, 3.05) is 11.4 Å². The lowest BCUT2D eigenvalue weighted by atomic mass is 10.0. The number of rotatable bonds is 2. The number of nitrogens with zero attached hydrogens (tertiary/aromatic N) is 3. The van der Waals surface area contributed by atoms with E-state index >= 15 is 0 Å². The van der Waals surface area contributed by atoms with E-state index < -0.39 is 6.04 Å². The molecule has 3 nitrogen and oxygen atoms in total. The molecule has 0 saturated heterocycles. The van der Waals surface area contributed by atoms with Gasteiger partial charge in [0, 0.05) is 17.8 Å². The molecule has 1 heterocycles. The molecule has 3 heteroatoms. The highest BCUT2D eigenvalue weighted by molar-refractivity contribution is 5.61. The molecule has 0 spiro atoms. The maximum atomic E-state index is 9.58. The molecular formula is C17H13N3. The van der Waals surface area contributed by atoms with Crippen LogP contribution >= 0.6 is 0 Å². The van der Waals surface area contributed by atoms with Gasteiger partial charge in [-0.1, -0.05) is 36.4 Å². The quantitative estimate of drug-likeness (QED) is 0.832. The van der Waals surface area contributed by atoms with E-state index in [1.807, 2.05) is 36.4 Å². The summed E-state index contributed by atoms with van der Waals surface area (Å²) in [6.07, 6.45) is 0.947. The number of nitriles is 2. The maximum absolute atomic E-state index is 9.58. The summed E-state index contributed by atoms with van der Waals surface area (Å²) in [5, 5.41) is 18.8. The van der Waals surface area contributed by atoms with E-state index in [0.29, 0.717) is 5.56 Å². The standard InChI is InChI=1S/C17H13N3/c18-11-14-6-1-3-7-15(14)17(12-19)20-10-9-13-5-2-4-8-16(13)20/h1-8,17H,9-10H2/t17-/m1/s1. The zero-order chi connectivity index (χ0) is 13.9.